The number of nitrogens with zero attached hydrogens (tertiary/aromatic N) is 6. The summed E-state index contributed by atoms with van der Waals surface area (Å²) in [5.74, 6) is -1.27. The maximum atomic E-state index is 11.5. The van der Waals surface area contributed by atoms with E-state index >= 15 is 0 Å². The molecule has 0 fully saturated rings. The minimum Gasteiger partial charge on any atom is 0 e. The number of carbonyl (C=O) groups excluding carboxylic acids is 1. The molecule has 0 aliphatic heterocycles. The van der Waals surface area contributed by atoms with Crippen LogP contribution in [0.4, 0.5) is 34.1 Å². The summed E-state index contributed by atoms with van der Waals surface area (Å²) >= 11 is -5.42. The number of aliphatic carboxylic acids is 5. The minimum absolute atomic E-state index is 0. The number of hydrogen-bond acceptors (Lipinski definition) is 13. The molecule has 18 nitrogen and oxygen atoms in total. The van der Waals surface area contributed by atoms with E-state index in [0.29, 0.717) is 76.7 Å². The number of carboxylic acid groups (broad SMARTS) is 5. The third kappa shape index (κ3) is 65.1. The fraction of sp³-hybridized carbons (Fsp3) is 0.495. The fourth-order valence-corrected chi connectivity index (χ4v) is 11.3. The molecule has 34 heteroatoms. The molecule has 5 N–H and O–H groups in total. The number of aliphatic imine (C=N–C) groups is 6. The van der Waals surface area contributed by atoms with Gasteiger partial charge in [0.2, 0.25) is 0 Å². The van der Waals surface area contributed by atoms with E-state index < -0.39 is 101 Å². The number of carboxylic acids is 5. The first-order valence-corrected chi connectivity index (χ1v) is 69.2. The van der Waals surface area contributed by atoms with Gasteiger partial charge in [0.15, 0.2) is 0 Å². The van der Waals surface area contributed by atoms with Crippen LogP contribution >= 0.6 is 89.1 Å². The normalized spacial score (nSPS) is 10.9. The van der Waals surface area contributed by atoms with Crippen molar-refractivity contribution in [1.82, 2.24) is 0 Å². The Labute approximate surface area is 892 Å². The van der Waals surface area contributed by atoms with Crippen LogP contribution in [-0.2, 0) is 137 Å². The maximum Gasteiger partial charge on any atom is 2.00 e. The molecule has 0 spiro atoms. The molecule has 133 heavy (non-hydrogen) atoms. The van der Waals surface area contributed by atoms with Crippen LogP contribution in [-0.4, -0.2) is 103 Å². The fourth-order valence-electron chi connectivity index (χ4n) is 11.3. The number of carbonyl (C=O) groups is 6. The van der Waals surface area contributed by atoms with Crippen LogP contribution in [0.1, 0.15) is 386 Å². The summed E-state index contributed by atoms with van der Waals surface area (Å²) in [6.07, 6.45) is 2.50. The van der Waals surface area contributed by atoms with Crippen LogP contribution in [0.15, 0.2) is 139 Å². The van der Waals surface area contributed by atoms with Crippen LogP contribution in [0.3, 0.4) is 0 Å². The van der Waals surface area contributed by atoms with Gasteiger partial charge < -0.3 is 45.1 Å². The zero-order chi connectivity index (χ0) is 102. The number of rotatable bonds is 24. The molecule has 0 bridgehead atoms. The van der Waals surface area contributed by atoms with Gasteiger partial charge in [-0.1, -0.05) is 316 Å². The van der Waals surface area contributed by atoms with E-state index in [0.717, 1.165) is 101 Å². The van der Waals surface area contributed by atoms with Crippen LogP contribution in [0, 0.1) is 14.9 Å². The Kier molecular flexibility index (Phi) is 96.0. The van der Waals surface area contributed by atoms with E-state index in [1.807, 2.05) is 91.0 Å². The molecule has 0 atom stereocenters. The summed E-state index contributed by atoms with van der Waals surface area (Å²) in [6, 6.07) is 36.4. The van der Waals surface area contributed by atoms with E-state index in [-0.39, 0.29) is 82.4 Å². The third-order valence-corrected chi connectivity index (χ3v) is 17.8. The summed E-state index contributed by atoms with van der Waals surface area (Å²) in [5.41, 5.74) is 19.4. The number of methoxy groups -OCH3 is 1. The van der Waals surface area contributed by atoms with Crippen molar-refractivity contribution >= 4 is 193 Å². The minimum atomic E-state index is -2.13. The number of benzene rings is 6. The van der Waals surface area contributed by atoms with Crippen molar-refractivity contribution in [3.63, 3.8) is 0 Å². The zero-order valence-corrected chi connectivity index (χ0v) is 102. The van der Waals surface area contributed by atoms with E-state index in [2.05, 4.69) is 242 Å². The molecule has 0 aliphatic carbocycles. The second kappa shape index (κ2) is 84.9. The summed E-state index contributed by atoms with van der Waals surface area (Å²) in [5, 5.41) is 44.9. The van der Waals surface area contributed by atoms with Crippen molar-refractivity contribution in [2.45, 2.75) is 319 Å². The molecule has 0 aromatic heterocycles. The SMILES string of the molecule is CC(=Nc1c(C(C)C)cccc1C(C)C)C(=O)O.CC(=Nc1c(C(C)C)cccc1C(C)C)C(=O)O.CC(=Nc1c(C(C)C)cccc1C(C)C)C(=O)O.CC(=Nc1c(C(C)C)cccc1C(C)C)C(=O)O.CC(=Nc1c(C(C)C)cccc1C(C)C)C(=O)O.CCC.CCC.COC(=O)C(C)=Nc1c(C(C)C)cccc1C(C)C.[CH3-].[CH3-].[Cl][Ti]([Cl])[Cl].[Cl][Ti][Cl].[Cl][Zr]([Cl])[Cl].[Cl][Zr][Cl].[Ni+2].[Ni]. The van der Waals surface area contributed by atoms with Gasteiger partial charge in [-0.15, -0.1) is 0 Å². The topological polar surface area (TPSA) is 287 Å². The van der Waals surface area contributed by atoms with Crippen molar-refractivity contribution in [3.8, 4) is 0 Å². The Morgan fingerprint density at radius 2 is 0.406 bits per heavy atom. The predicted molar refractivity (Wildman–Crippen MR) is 558 cm³/mol. The molecule has 6 rings (SSSR count). The monoisotopic (exact) mass is 2360 g/mol. The molecular weight excluding hydrogens is 2220 g/mol. The van der Waals surface area contributed by atoms with Gasteiger partial charge >= 0.3 is 212 Å². The Bertz CT molecular complexity index is 3840. The van der Waals surface area contributed by atoms with E-state index in [4.69, 9.17) is 119 Å². The molecule has 0 unspecified atom stereocenters. The zero-order valence-electron chi connectivity index (χ0n) is 84.9. The molecule has 754 valence electrons. The summed E-state index contributed by atoms with van der Waals surface area (Å²) in [6.45, 7) is 68.2. The molecule has 6 aromatic rings. The molecule has 0 radical (unpaired) electrons. The Morgan fingerprint density at radius 1 is 0.323 bits per heavy atom. The van der Waals surface area contributed by atoms with Gasteiger partial charge in [0, 0.05) is 16.5 Å². The maximum absolute atomic E-state index is 11.5. The van der Waals surface area contributed by atoms with Crippen LogP contribution in [0.5, 0.6) is 0 Å². The number of hydrogen-bond donors (Lipinski definition) is 5. The van der Waals surface area contributed by atoms with Crippen molar-refractivity contribution in [2.24, 2.45) is 30.0 Å². The first kappa shape index (κ1) is 150. The van der Waals surface area contributed by atoms with Gasteiger partial charge in [-0.25, -0.2) is 58.7 Å². The smallest absolute Gasteiger partial charge is 0 e. The summed E-state index contributed by atoms with van der Waals surface area (Å²) in [7, 11) is 50.9. The van der Waals surface area contributed by atoms with Crippen molar-refractivity contribution < 1.29 is 163 Å². The van der Waals surface area contributed by atoms with Gasteiger partial charge in [0.1, 0.15) is 34.3 Å². The average molecular weight is 2370 g/mol. The first-order valence-electron chi connectivity index (χ1n) is 42.6. The largest absolute Gasteiger partial charge is 2.00 e. The van der Waals surface area contributed by atoms with Crippen LogP contribution < -0.4 is 0 Å². The van der Waals surface area contributed by atoms with Gasteiger partial charge in [0.05, 0.1) is 41.2 Å². The van der Waals surface area contributed by atoms with E-state index in [1.54, 1.807) is 6.92 Å². The van der Waals surface area contributed by atoms with Gasteiger partial charge in [-0.05, 0) is 179 Å². The van der Waals surface area contributed by atoms with Crippen molar-refractivity contribution in [3.05, 3.63) is 191 Å². The molecule has 0 heterocycles. The first-order chi connectivity index (χ1) is 59.7. The quantitative estimate of drug-likeness (QED) is 0.0164. The molecule has 0 aliphatic rings. The second-order valence-electron chi connectivity index (χ2n) is 32.8. The Balaban J connectivity index is -0.000000163. The molecular formula is C99H150Cl10N6Ni2O12Ti2Zr2. The average Bonchev–Trinajstić information content (AvgIpc) is 0.848. The third-order valence-electron chi connectivity index (χ3n) is 17.8. The van der Waals surface area contributed by atoms with Crippen LogP contribution in [0.2, 0.25) is 0 Å². The molecule has 0 amide bonds. The number of halogens is 10. The van der Waals surface area contributed by atoms with E-state index in [9.17, 15) is 28.8 Å². The van der Waals surface area contributed by atoms with Gasteiger partial charge in [-0.2, -0.15) is 0 Å². The second-order valence-corrected chi connectivity index (χ2v) is 58.0. The summed E-state index contributed by atoms with van der Waals surface area (Å²) < 4.78 is 4.72. The standard InChI is InChI=1S/C16H23NO2.5C15H21NO2.2C3H8.2CH3.10ClH.2Ni.2Ti.2Zr/c1-10(2)13-8-7-9-14(11(3)4)15(13)17-12(5)16(18)19-6;5*1-9(2)12-7-6-8-13(10(3)4)14(12)16-11(5)15(17)18;2*1-3-2;;;;;;;;;;;;;;;;;;/h7-11H,1-6H3;5*6-10H,1-5H3,(H,17,18);2*3H2,1-2H3;2*1H3;10*1H;;;;;;/q;;;;;;;;2*-1;;;;;;;;;;;;2*+2;+3;+2;+3/p-10. The Hall–Kier alpha value is -2.76. The number of ether oxygens (including phenoxy) is 1. The molecule has 0 saturated heterocycles. The van der Waals surface area contributed by atoms with Crippen LogP contribution in [0.25, 0.3) is 0 Å². The summed E-state index contributed by atoms with van der Waals surface area (Å²) in [4.78, 5) is 92.3. The molecule has 0 saturated carbocycles. The van der Waals surface area contributed by atoms with Gasteiger partial charge in [-0.3, -0.25) is 0 Å². The predicted octanol–water partition coefficient (Wildman–Crippen LogP) is 35.4. The van der Waals surface area contributed by atoms with Gasteiger partial charge in [0.25, 0.3) is 0 Å². The number of para-hydroxylation sites is 6. The van der Waals surface area contributed by atoms with E-state index in [1.165, 1.54) is 54.6 Å². The van der Waals surface area contributed by atoms with Crippen molar-refractivity contribution in [1.29, 1.82) is 0 Å². The number of esters is 1. The Morgan fingerprint density at radius 3 is 0.474 bits per heavy atom. The molecule has 6 aromatic carbocycles. The van der Waals surface area contributed by atoms with Crippen molar-refractivity contribution in [2.75, 3.05) is 7.11 Å².